The second-order valence-corrected chi connectivity index (χ2v) is 4.14. The average Bonchev–Trinajstić information content (AvgIpc) is 1.82. The molecule has 1 heterocycles. The SMILES string of the molecule is FC(F)(F)c1c(I)ccnc1I. The summed E-state index contributed by atoms with van der Waals surface area (Å²) >= 11 is 3.22. The van der Waals surface area contributed by atoms with Crippen molar-refractivity contribution in [3.63, 3.8) is 0 Å². The van der Waals surface area contributed by atoms with Crippen LogP contribution in [-0.2, 0) is 6.18 Å². The zero-order chi connectivity index (χ0) is 9.35. The van der Waals surface area contributed by atoms with Gasteiger partial charge in [0, 0.05) is 9.77 Å². The van der Waals surface area contributed by atoms with Gasteiger partial charge in [0.1, 0.15) is 9.26 Å². The van der Waals surface area contributed by atoms with Gasteiger partial charge in [-0.3, -0.25) is 0 Å². The van der Waals surface area contributed by atoms with E-state index in [1.54, 1.807) is 45.2 Å². The molecule has 0 radical (unpaired) electrons. The molecule has 1 rings (SSSR count). The van der Waals surface area contributed by atoms with Crippen molar-refractivity contribution in [1.82, 2.24) is 4.98 Å². The first-order valence-corrected chi connectivity index (χ1v) is 4.96. The predicted molar refractivity (Wildman–Crippen MR) is 54.7 cm³/mol. The molecular weight excluding hydrogens is 397 g/mol. The molecule has 1 nitrogen and oxygen atoms in total. The first-order valence-electron chi connectivity index (χ1n) is 2.80. The van der Waals surface area contributed by atoms with E-state index < -0.39 is 11.7 Å². The smallest absolute Gasteiger partial charge is 0.250 e. The molecule has 0 amide bonds. The highest BCUT2D eigenvalue weighted by Gasteiger charge is 2.35. The Labute approximate surface area is 94.0 Å². The lowest BCUT2D eigenvalue weighted by molar-refractivity contribution is -0.139. The van der Waals surface area contributed by atoms with Crippen LogP contribution in [0.2, 0.25) is 0 Å². The standard InChI is InChI=1S/C6H2F3I2N/c7-6(8,9)4-3(10)1-2-12-5(4)11/h1-2H. The second-order valence-electron chi connectivity index (χ2n) is 1.96. The molecular formula is C6H2F3I2N. The highest BCUT2D eigenvalue weighted by molar-refractivity contribution is 14.1. The van der Waals surface area contributed by atoms with Gasteiger partial charge < -0.3 is 0 Å². The maximum Gasteiger partial charge on any atom is 0.419 e. The summed E-state index contributed by atoms with van der Waals surface area (Å²) < 4.78 is 37.0. The van der Waals surface area contributed by atoms with Crippen LogP contribution < -0.4 is 0 Å². The van der Waals surface area contributed by atoms with Crippen molar-refractivity contribution in [2.75, 3.05) is 0 Å². The third-order valence-corrected chi connectivity index (χ3v) is 2.85. The molecule has 0 unspecified atom stereocenters. The maximum absolute atomic E-state index is 12.3. The summed E-state index contributed by atoms with van der Waals surface area (Å²) in [6.45, 7) is 0. The van der Waals surface area contributed by atoms with Crippen LogP contribution in [0.4, 0.5) is 13.2 Å². The fraction of sp³-hybridized carbons (Fsp3) is 0.167. The monoisotopic (exact) mass is 399 g/mol. The Morgan fingerprint density at radius 3 is 2.17 bits per heavy atom. The topological polar surface area (TPSA) is 12.9 Å². The van der Waals surface area contributed by atoms with Crippen LogP contribution in [0.3, 0.4) is 0 Å². The quantitative estimate of drug-likeness (QED) is 0.482. The van der Waals surface area contributed by atoms with E-state index in [4.69, 9.17) is 0 Å². The van der Waals surface area contributed by atoms with Crippen LogP contribution >= 0.6 is 45.2 Å². The predicted octanol–water partition coefficient (Wildman–Crippen LogP) is 3.31. The third-order valence-electron chi connectivity index (χ3n) is 1.14. The summed E-state index contributed by atoms with van der Waals surface area (Å²) in [6, 6.07) is 1.34. The summed E-state index contributed by atoms with van der Waals surface area (Å²) in [5.74, 6) is 0. The van der Waals surface area contributed by atoms with Crippen molar-refractivity contribution in [3.05, 3.63) is 25.1 Å². The van der Waals surface area contributed by atoms with E-state index in [2.05, 4.69) is 4.98 Å². The van der Waals surface area contributed by atoms with E-state index >= 15 is 0 Å². The number of hydrogen-bond donors (Lipinski definition) is 0. The number of halogens is 5. The Kier molecular flexibility index (Phi) is 3.18. The average molecular weight is 399 g/mol. The lowest BCUT2D eigenvalue weighted by Crippen LogP contribution is -2.11. The molecule has 0 aliphatic heterocycles. The third kappa shape index (κ3) is 2.21. The van der Waals surface area contributed by atoms with Crippen LogP contribution in [0.5, 0.6) is 0 Å². The van der Waals surface area contributed by atoms with Gasteiger partial charge in [-0.05, 0) is 51.2 Å². The van der Waals surface area contributed by atoms with Crippen molar-refractivity contribution in [3.8, 4) is 0 Å². The molecule has 0 saturated carbocycles. The van der Waals surface area contributed by atoms with E-state index in [1.165, 1.54) is 12.3 Å². The fourth-order valence-electron chi connectivity index (χ4n) is 0.667. The first-order chi connectivity index (χ1) is 5.43. The van der Waals surface area contributed by atoms with Crippen molar-refractivity contribution in [2.24, 2.45) is 0 Å². The van der Waals surface area contributed by atoms with Gasteiger partial charge in [0.2, 0.25) is 0 Å². The van der Waals surface area contributed by atoms with Crippen molar-refractivity contribution in [1.29, 1.82) is 0 Å². The molecule has 66 valence electrons. The van der Waals surface area contributed by atoms with Gasteiger partial charge in [-0.25, -0.2) is 4.98 Å². The highest BCUT2D eigenvalue weighted by Crippen LogP contribution is 2.34. The molecule has 0 atom stereocenters. The molecule has 0 aliphatic carbocycles. The number of nitrogens with zero attached hydrogens (tertiary/aromatic N) is 1. The van der Waals surface area contributed by atoms with E-state index in [0.717, 1.165) is 0 Å². The Bertz CT molecular complexity index is 277. The molecule has 0 N–H and O–H groups in total. The van der Waals surface area contributed by atoms with Gasteiger partial charge in [-0.15, -0.1) is 0 Å². The molecule has 0 saturated heterocycles. The number of aromatic nitrogens is 1. The lowest BCUT2D eigenvalue weighted by Gasteiger charge is -2.09. The van der Waals surface area contributed by atoms with Crippen LogP contribution in [0.15, 0.2) is 12.3 Å². The fourth-order valence-corrected chi connectivity index (χ4v) is 2.66. The molecule has 0 fully saturated rings. The van der Waals surface area contributed by atoms with Crippen molar-refractivity contribution < 1.29 is 13.2 Å². The first kappa shape index (κ1) is 10.5. The van der Waals surface area contributed by atoms with Gasteiger partial charge in [-0.1, -0.05) is 0 Å². The number of rotatable bonds is 0. The minimum Gasteiger partial charge on any atom is -0.250 e. The van der Waals surface area contributed by atoms with Gasteiger partial charge in [0.15, 0.2) is 0 Å². The minimum atomic E-state index is -4.30. The molecule has 0 bridgehead atoms. The highest BCUT2D eigenvalue weighted by atomic mass is 127. The Morgan fingerprint density at radius 1 is 1.25 bits per heavy atom. The number of alkyl halides is 3. The Hall–Kier alpha value is 0.400. The largest absolute Gasteiger partial charge is 0.419 e. The molecule has 0 aliphatic rings. The summed E-state index contributed by atoms with van der Waals surface area (Å²) in [5.41, 5.74) is -0.647. The molecule has 6 heteroatoms. The Balaban J connectivity index is 3.31. The van der Waals surface area contributed by atoms with Gasteiger partial charge in [-0.2, -0.15) is 13.2 Å². The maximum atomic E-state index is 12.3. The van der Waals surface area contributed by atoms with E-state index in [0.29, 0.717) is 0 Å². The summed E-state index contributed by atoms with van der Waals surface area (Å²) in [4.78, 5) is 3.57. The summed E-state index contributed by atoms with van der Waals surface area (Å²) in [6.07, 6.45) is -2.94. The van der Waals surface area contributed by atoms with Gasteiger partial charge in [0.25, 0.3) is 0 Å². The van der Waals surface area contributed by atoms with Gasteiger partial charge >= 0.3 is 6.18 Å². The lowest BCUT2D eigenvalue weighted by atomic mass is 10.3. The normalized spacial score (nSPS) is 11.8. The minimum absolute atomic E-state index is 0.00741. The van der Waals surface area contributed by atoms with Crippen molar-refractivity contribution >= 4 is 45.2 Å². The molecule has 12 heavy (non-hydrogen) atoms. The van der Waals surface area contributed by atoms with Crippen molar-refractivity contribution in [2.45, 2.75) is 6.18 Å². The van der Waals surface area contributed by atoms with E-state index in [-0.39, 0.29) is 7.27 Å². The van der Waals surface area contributed by atoms with E-state index in [1.807, 2.05) is 0 Å². The van der Waals surface area contributed by atoms with Crippen LogP contribution in [0.1, 0.15) is 5.56 Å². The second kappa shape index (κ2) is 3.64. The van der Waals surface area contributed by atoms with Crippen LogP contribution in [0.25, 0.3) is 0 Å². The number of pyridine rings is 1. The number of hydrogen-bond acceptors (Lipinski definition) is 1. The summed E-state index contributed by atoms with van der Waals surface area (Å²) in [7, 11) is 0. The summed E-state index contributed by atoms with van der Waals surface area (Å²) in [5, 5.41) is 0. The van der Waals surface area contributed by atoms with Crippen LogP contribution in [0, 0.1) is 7.27 Å². The molecule has 0 aromatic carbocycles. The molecule has 1 aromatic rings. The van der Waals surface area contributed by atoms with E-state index in [9.17, 15) is 13.2 Å². The van der Waals surface area contributed by atoms with Crippen LogP contribution in [-0.4, -0.2) is 4.98 Å². The zero-order valence-electron chi connectivity index (χ0n) is 5.49. The molecule has 1 aromatic heterocycles. The van der Waals surface area contributed by atoms with Gasteiger partial charge in [0.05, 0.1) is 0 Å². The zero-order valence-corrected chi connectivity index (χ0v) is 9.81. The molecule has 0 spiro atoms. The Morgan fingerprint density at radius 2 is 1.83 bits per heavy atom.